The average molecular weight is 308 g/mol. The van der Waals surface area contributed by atoms with Crippen molar-refractivity contribution in [3.05, 3.63) is 29.3 Å². The van der Waals surface area contributed by atoms with Gasteiger partial charge in [0.2, 0.25) is 0 Å². The predicted octanol–water partition coefficient (Wildman–Crippen LogP) is 4.06. The molecule has 0 amide bonds. The van der Waals surface area contributed by atoms with Crippen LogP contribution in [0.3, 0.4) is 0 Å². The summed E-state index contributed by atoms with van der Waals surface area (Å²) >= 11 is 1.86. The summed E-state index contributed by atoms with van der Waals surface area (Å²) in [5.41, 5.74) is 2.49. The summed E-state index contributed by atoms with van der Waals surface area (Å²) < 4.78 is 5.82. The summed E-state index contributed by atoms with van der Waals surface area (Å²) in [6.45, 7) is 4.86. The number of carbonyl (C=O) groups is 1. The van der Waals surface area contributed by atoms with Crippen LogP contribution in [0, 0.1) is 19.3 Å². The molecule has 0 unspecified atom stereocenters. The molecule has 0 radical (unpaired) electrons. The van der Waals surface area contributed by atoms with E-state index in [1.165, 1.54) is 11.1 Å². The number of hydrogen-bond donors (Lipinski definition) is 1. The van der Waals surface area contributed by atoms with Gasteiger partial charge in [-0.05, 0) is 67.2 Å². The van der Waals surface area contributed by atoms with Gasteiger partial charge in [0.25, 0.3) is 0 Å². The minimum absolute atomic E-state index is 0.102. The Kier molecular flexibility index (Phi) is 5.57. The summed E-state index contributed by atoms with van der Waals surface area (Å²) in [5, 5.41) is 8.88. The van der Waals surface area contributed by atoms with Crippen LogP contribution in [0.2, 0.25) is 0 Å². The monoisotopic (exact) mass is 308 g/mol. The van der Waals surface area contributed by atoms with Crippen molar-refractivity contribution in [1.82, 2.24) is 0 Å². The van der Waals surface area contributed by atoms with Crippen LogP contribution in [0.4, 0.5) is 0 Å². The first-order chi connectivity index (χ1) is 10.0. The first-order valence-corrected chi connectivity index (χ1v) is 8.66. The highest BCUT2D eigenvalue weighted by Gasteiger charge is 2.43. The Bertz CT molecular complexity index is 495. The predicted molar refractivity (Wildman–Crippen MR) is 87.3 cm³/mol. The molecule has 116 valence electrons. The number of hydrogen-bond acceptors (Lipinski definition) is 3. The van der Waals surface area contributed by atoms with Crippen molar-refractivity contribution in [2.75, 3.05) is 18.1 Å². The standard InChI is InChI=1S/C17H24O3S/c1-13-4-5-14(2)15(10-13)20-8-3-9-21-12-17(6-7-17)11-16(18)19/h4-5,10H,3,6-9,11-12H2,1-2H3,(H,18,19). The number of aliphatic carboxylic acids is 1. The molecule has 0 saturated heterocycles. The van der Waals surface area contributed by atoms with Crippen LogP contribution in [0.15, 0.2) is 18.2 Å². The number of aryl methyl sites for hydroxylation is 2. The largest absolute Gasteiger partial charge is 0.493 e. The highest BCUT2D eigenvalue weighted by molar-refractivity contribution is 7.99. The Morgan fingerprint density at radius 3 is 2.81 bits per heavy atom. The minimum Gasteiger partial charge on any atom is -0.493 e. The molecular formula is C17H24O3S. The fraction of sp³-hybridized carbons (Fsp3) is 0.588. The molecule has 1 aliphatic carbocycles. The van der Waals surface area contributed by atoms with Crippen LogP contribution >= 0.6 is 11.8 Å². The van der Waals surface area contributed by atoms with Crippen molar-refractivity contribution in [2.24, 2.45) is 5.41 Å². The summed E-state index contributed by atoms with van der Waals surface area (Å²) in [5.74, 6) is 2.32. The Balaban J connectivity index is 1.60. The molecule has 0 bridgehead atoms. The number of thioether (sulfide) groups is 1. The van der Waals surface area contributed by atoms with E-state index in [1.54, 1.807) is 0 Å². The van der Waals surface area contributed by atoms with Gasteiger partial charge in [-0.25, -0.2) is 0 Å². The molecule has 1 aliphatic rings. The molecule has 1 aromatic carbocycles. The molecule has 0 atom stereocenters. The minimum atomic E-state index is -0.661. The Morgan fingerprint density at radius 2 is 2.14 bits per heavy atom. The SMILES string of the molecule is Cc1ccc(C)c(OCCCSCC2(CC(=O)O)CC2)c1. The summed E-state index contributed by atoms with van der Waals surface area (Å²) in [6.07, 6.45) is 3.48. The van der Waals surface area contributed by atoms with Crippen molar-refractivity contribution in [1.29, 1.82) is 0 Å². The van der Waals surface area contributed by atoms with Gasteiger partial charge >= 0.3 is 5.97 Å². The van der Waals surface area contributed by atoms with E-state index in [-0.39, 0.29) is 5.41 Å². The van der Waals surface area contributed by atoms with Gasteiger partial charge in [0.15, 0.2) is 0 Å². The van der Waals surface area contributed by atoms with Gasteiger partial charge < -0.3 is 9.84 Å². The Labute approximate surface area is 131 Å². The van der Waals surface area contributed by atoms with E-state index in [0.717, 1.165) is 43.1 Å². The van der Waals surface area contributed by atoms with E-state index in [4.69, 9.17) is 9.84 Å². The third-order valence-corrected chi connectivity index (χ3v) is 5.32. The van der Waals surface area contributed by atoms with Gasteiger partial charge in [0.05, 0.1) is 13.0 Å². The lowest BCUT2D eigenvalue weighted by molar-refractivity contribution is -0.138. The van der Waals surface area contributed by atoms with Crippen molar-refractivity contribution < 1.29 is 14.6 Å². The molecular weight excluding hydrogens is 284 g/mol. The Hall–Kier alpha value is -1.16. The molecule has 0 aliphatic heterocycles. The highest BCUT2D eigenvalue weighted by Crippen LogP contribution is 2.51. The fourth-order valence-electron chi connectivity index (χ4n) is 2.36. The van der Waals surface area contributed by atoms with Crippen molar-refractivity contribution in [3.63, 3.8) is 0 Å². The highest BCUT2D eigenvalue weighted by atomic mass is 32.2. The first-order valence-electron chi connectivity index (χ1n) is 7.50. The van der Waals surface area contributed by atoms with Crippen LogP contribution in [-0.4, -0.2) is 29.2 Å². The second-order valence-electron chi connectivity index (χ2n) is 6.09. The molecule has 1 fully saturated rings. The van der Waals surface area contributed by atoms with Gasteiger partial charge in [-0.3, -0.25) is 4.79 Å². The zero-order valence-corrected chi connectivity index (χ0v) is 13.7. The van der Waals surface area contributed by atoms with E-state index in [2.05, 4.69) is 32.0 Å². The third-order valence-electron chi connectivity index (χ3n) is 3.93. The average Bonchev–Trinajstić information content (AvgIpc) is 3.16. The fourth-order valence-corrected chi connectivity index (χ4v) is 3.65. The van der Waals surface area contributed by atoms with E-state index in [0.29, 0.717) is 6.42 Å². The van der Waals surface area contributed by atoms with Gasteiger partial charge in [-0.15, -0.1) is 0 Å². The maximum absolute atomic E-state index is 10.8. The summed E-state index contributed by atoms with van der Waals surface area (Å²) in [7, 11) is 0. The molecule has 0 heterocycles. The maximum Gasteiger partial charge on any atom is 0.303 e. The number of carboxylic acid groups (broad SMARTS) is 1. The van der Waals surface area contributed by atoms with Gasteiger partial charge in [-0.2, -0.15) is 11.8 Å². The third kappa shape index (κ3) is 5.27. The topological polar surface area (TPSA) is 46.5 Å². The van der Waals surface area contributed by atoms with Crippen LogP contribution < -0.4 is 4.74 Å². The number of rotatable bonds is 9. The van der Waals surface area contributed by atoms with E-state index in [1.807, 2.05) is 11.8 Å². The number of ether oxygens (including phenoxy) is 1. The molecule has 1 N–H and O–H groups in total. The van der Waals surface area contributed by atoms with Crippen LogP contribution in [-0.2, 0) is 4.79 Å². The molecule has 0 spiro atoms. The van der Waals surface area contributed by atoms with E-state index in [9.17, 15) is 4.79 Å². The quantitative estimate of drug-likeness (QED) is 0.699. The molecule has 2 rings (SSSR count). The molecule has 1 saturated carbocycles. The number of benzene rings is 1. The maximum atomic E-state index is 10.8. The van der Waals surface area contributed by atoms with Gasteiger partial charge in [0, 0.05) is 0 Å². The zero-order valence-electron chi connectivity index (χ0n) is 12.9. The number of carboxylic acids is 1. The summed E-state index contributed by atoms with van der Waals surface area (Å²) in [6, 6.07) is 6.26. The first kappa shape index (κ1) is 16.2. The van der Waals surface area contributed by atoms with E-state index >= 15 is 0 Å². The van der Waals surface area contributed by atoms with Crippen LogP contribution in [0.5, 0.6) is 5.75 Å². The van der Waals surface area contributed by atoms with E-state index < -0.39 is 5.97 Å². The van der Waals surface area contributed by atoms with Gasteiger partial charge in [-0.1, -0.05) is 12.1 Å². The lowest BCUT2D eigenvalue weighted by Gasteiger charge is -2.12. The molecule has 4 heteroatoms. The van der Waals surface area contributed by atoms with Crippen LogP contribution in [0.1, 0.15) is 36.8 Å². The zero-order chi connectivity index (χ0) is 15.3. The second-order valence-corrected chi connectivity index (χ2v) is 7.20. The second kappa shape index (κ2) is 7.21. The molecule has 0 aromatic heterocycles. The Morgan fingerprint density at radius 1 is 1.38 bits per heavy atom. The summed E-state index contributed by atoms with van der Waals surface area (Å²) in [4.78, 5) is 10.8. The molecule has 3 nitrogen and oxygen atoms in total. The van der Waals surface area contributed by atoms with Crippen LogP contribution in [0.25, 0.3) is 0 Å². The lowest BCUT2D eigenvalue weighted by Crippen LogP contribution is -2.11. The van der Waals surface area contributed by atoms with Gasteiger partial charge in [0.1, 0.15) is 5.75 Å². The normalized spacial score (nSPS) is 15.7. The van der Waals surface area contributed by atoms with Crippen molar-refractivity contribution in [3.8, 4) is 5.75 Å². The smallest absolute Gasteiger partial charge is 0.303 e. The molecule has 1 aromatic rings. The van der Waals surface area contributed by atoms with Crippen molar-refractivity contribution >= 4 is 17.7 Å². The lowest BCUT2D eigenvalue weighted by atomic mass is 10.1. The molecule has 21 heavy (non-hydrogen) atoms. The van der Waals surface area contributed by atoms with Crippen molar-refractivity contribution in [2.45, 2.75) is 39.5 Å².